The van der Waals surface area contributed by atoms with E-state index in [1.807, 2.05) is 18.2 Å². The molecule has 1 aromatic heterocycles. The van der Waals surface area contributed by atoms with Crippen LogP contribution in [0.1, 0.15) is 30.5 Å². The fourth-order valence-corrected chi connectivity index (χ4v) is 5.65. The van der Waals surface area contributed by atoms with E-state index in [4.69, 9.17) is 4.74 Å². The minimum Gasteiger partial charge on any atom is -0.504 e. The predicted molar refractivity (Wildman–Crippen MR) is 129 cm³/mol. The van der Waals surface area contributed by atoms with Crippen LogP contribution >= 0.6 is 0 Å². The molecule has 1 unspecified atom stereocenters. The van der Waals surface area contributed by atoms with E-state index in [-0.39, 0.29) is 36.8 Å². The Morgan fingerprint density at radius 3 is 2.89 bits per heavy atom. The predicted octanol–water partition coefficient (Wildman–Crippen LogP) is 4.28. The highest BCUT2D eigenvalue weighted by atomic mass is 19.3. The van der Waals surface area contributed by atoms with E-state index in [1.54, 1.807) is 11.0 Å². The van der Waals surface area contributed by atoms with Crippen LogP contribution in [0.4, 0.5) is 24.7 Å². The number of ether oxygens (including phenoxy) is 1. The number of halogens is 3. The molecule has 3 aliphatic heterocycles. The van der Waals surface area contributed by atoms with Crippen LogP contribution in [0.25, 0.3) is 11.3 Å². The molecule has 2 aromatic carbocycles. The van der Waals surface area contributed by atoms with E-state index in [1.165, 1.54) is 23.3 Å². The van der Waals surface area contributed by atoms with Crippen LogP contribution in [0, 0.1) is 5.82 Å². The van der Waals surface area contributed by atoms with Crippen molar-refractivity contribution in [2.75, 3.05) is 29.9 Å². The summed E-state index contributed by atoms with van der Waals surface area (Å²) < 4.78 is 49.4. The molecule has 3 atom stereocenters. The number of alkyl halides is 2. The van der Waals surface area contributed by atoms with E-state index in [0.29, 0.717) is 17.3 Å². The van der Waals surface area contributed by atoms with Crippen LogP contribution in [0.5, 0.6) is 11.5 Å². The van der Waals surface area contributed by atoms with Crippen molar-refractivity contribution >= 4 is 11.5 Å². The number of phenols is 1. The van der Waals surface area contributed by atoms with Crippen LogP contribution < -0.4 is 20.3 Å². The Bertz CT molecular complexity index is 1320. The van der Waals surface area contributed by atoms with Crippen LogP contribution in [0.2, 0.25) is 0 Å². The van der Waals surface area contributed by atoms with Gasteiger partial charge in [-0.25, -0.2) is 13.2 Å². The number of phenolic OH excluding ortho intramolecular Hbond substituents is 1. The molecule has 6 rings (SSSR count). The molecule has 36 heavy (non-hydrogen) atoms. The van der Waals surface area contributed by atoms with E-state index in [2.05, 4.69) is 27.8 Å². The fraction of sp³-hybridized carbons (Fsp3) is 0.385. The highest BCUT2D eigenvalue weighted by molar-refractivity contribution is 5.77. The minimum absolute atomic E-state index is 0.00978. The summed E-state index contributed by atoms with van der Waals surface area (Å²) in [7, 11) is 0. The first-order valence-electron chi connectivity index (χ1n) is 12.0. The van der Waals surface area contributed by atoms with Crippen LogP contribution in [0.15, 0.2) is 42.5 Å². The first-order valence-corrected chi connectivity index (χ1v) is 12.0. The number of rotatable bonds is 4. The molecule has 1 saturated heterocycles. The second-order valence-electron chi connectivity index (χ2n) is 9.70. The summed E-state index contributed by atoms with van der Waals surface area (Å²) in [5.41, 5.74) is 1.70. The standard InChI is InChI=1S/C26H26F3N5O2/c1-14-18-6-5-16(9-15(18)7-8-30-14)36-17-11-26(25(28)29)13-31-24-22(34(26)12-17)10-21(32-33-24)19-3-2-4-20(27)23(19)35/h2-6,9-10,14,17,25,30,35H,7-8,11-13H2,1H3,(H,31,33)/t14?,17-,26-/m1/s1. The summed E-state index contributed by atoms with van der Waals surface area (Å²) in [6, 6.07) is 11.9. The Morgan fingerprint density at radius 2 is 2.06 bits per heavy atom. The van der Waals surface area contributed by atoms with Crippen molar-refractivity contribution in [3.8, 4) is 22.8 Å². The number of aromatic hydroxyl groups is 1. The molecule has 3 aromatic rings. The summed E-state index contributed by atoms with van der Waals surface area (Å²) in [5.74, 6) is -0.322. The third-order valence-corrected chi connectivity index (χ3v) is 7.53. The molecule has 7 nitrogen and oxygen atoms in total. The SMILES string of the molecule is CC1NCCc2cc(O[C@H]3CN4c5cc(-c6cccc(F)c6O)nnc5NC[C@@]4(C(F)F)C3)ccc21. The van der Waals surface area contributed by atoms with Gasteiger partial charge in [0.15, 0.2) is 17.4 Å². The fourth-order valence-electron chi connectivity index (χ4n) is 5.65. The number of anilines is 2. The van der Waals surface area contributed by atoms with Crippen molar-refractivity contribution < 1.29 is 23.0 Å². The normalized spacial score (nSPS) is 24.6. The summed E-state index contributed by atoms with van der Waals surface area (Å²) >= 11 is 0. The summed E-state index contributed by atoms with van der Waals surface area (Å²) in [6.45, 7) is 3.22. The summed E-state index contributed by atoms with van der Waals surface area (Å²) in [6.07, 6.45) is -2.11. The molecule has 3 N–H and O–H groups in total. The topological polar surface area (TPSA) is 82.5 Å². The molecule has 3 aliphatic rings. The van der Waals surface area contributed by atoms with Gasteiger partial charge in [-0.2, -0.15) is 0 Å². The number of hydrogen-bond donors (Lipinski definition) is 3. The zero-order valence-electron chi connectivity index (χ0n) is 19.6. The average molecular weight is 498 g/mol. The molecule has 10 heteroatoms. The lowest BCUT2D eigenvalue weighted by Crippen LogP contribution is -2.57. The average Bonchev–Trinajstić information content (AvgIpc) is 3.25. The van der Waals surface area contributed by atoms with Crippen molar-refractivity contribution in [1.82, 2.24) is 15.5 Å². The van der Waals surface area contributed by atoms with Gasteiger partial charge in [-0.3, -0.25) is 0 Å². The molecule has 0 radical (unpaired) electrons. The van der Waals surface area contributed by atoms with Crippen LogP contribution in [-0.2, 0) is 6.42 Å². The molecule has 0 spiro atoms. The van der Waals surface area contributed by atoms with Gasteiger partial charge in [0, 0.05) is 24.6 Å². The maximum Gasteiger partial charge on any atom is 0.263 e. The molecule has 188 valence electrons. The molecule has 0 saturated carbocycles. The number of benzene rings is 2. The van der Waals surface area contributed by atoms with Gasteiger partial charge in [-0.15, -0.1) is 10.2 Å². The zero-order chi connectivity index (χ0) is 25.0. The van der Waals surface area contributed by atoms with Crippen molar-refractivity contribution in [3.05, 3.63) is 59.4 Å². The molecule has 4 heterocycles. The van der Waals surface area contributed by atoms with Gasteiger partial charge in [-0.1, -0.05) is 12.1 Å². The first-order chi connectivity index (χ1) is 17.4. The highest BCUT2D eigenvalue weighted by Gasteiger charge is 2.56. The number of aromatic nitrogens is 2. The second-order valence-corrected chi connectivity index (χ2v) is 9.70. The summed E-state index contributed by atoms with van der Waals surface area (Å²) in [5, 5.41) is 24.8. The van der Waals surface area contributed by atoms with Crippen molar-refractivity contribution in [3.63, 3.8) is 0 Å². The number of nitrogens with zero attached hydrogens (tertiary/aromatic N) is 3. The van der Waals surface area contributed by atoms with Crippen molar-refractivity contribution in [2.24, 2.45) is 0 Å². The van der Waals surface area contributed by atoms with Gasteiger partial charge in [0.2, 0.25) is 0 Å². The van der Waals surface area contributed by atoms with Crippen LogP contribution in [0.3, 0.4) is 0 Å². The molecule has 0 amide bonds. The Morgan fingerprint density at radius 1 is 1.19 bits per heavy atom. The van der Waals surface area contributed by atoms with Gasteiger partial charge in [0.25, 0.3) is 6.43 Å². The lowest BCUT2D eigenvalue weighted by atomic mass is 9.93. The number of hydrogen-bond acceptors (Lipinski definition) is 7. The van der Waals surface area contributed by atoms with Gasteiger partial charge < -0.3 is 25.4 Å². The third kappa shape index (κ3) is 3.62. The quantitative estimate of drug-likeness (QED) is 0.496. The van der Waals surface area contributed by atoms with Gasteiger partial charge >= 0.3 is 0 Å². The highest BCUT2D eigenvalue weighted by Crippen LogP contribution is 2.46. The molecular weight excluding hydrogens is 471 g/mol. The van der Waals surface area contributed by atoms with Gasteiger partial charge in [0.1, 0.15) is 17.4 Å². The maximum absolute atomic E-state index is 14.6. The Labute approximate surface area is 206 Å². The van der Waals surface area contributed by atoms with Gasteiger partial charge in [-0.05, 0) is 61.3 Å². The Hall–Kier alpha value is -3.53. The Balaban J connectivity index is 1.32. The monoisotopic (exact) mass is 497 g/mol. The summed E-state index contributed by atoms with van der Waals surface area (Å²) in [4.78, 5) is 1.63. The molecule has 0 bridgehead atoms. The zero-order valence-corrected chi connectivity index (χ0v) is 19.6. The smallest absolute Gasteiger partial charge is 0.263 e. The molecular formula is C26H26F3N5O2. The van der Waals surface area contributed by atoms with Crippen molar-refractivity contribution in [2.45, 2.75) is 43.9 Å². The number of nitrogens with one attached hydrogen (secondary N) is 2. The van der Waals surface area contributed by atoms with E-state index in [9.17, 15) is 18.3 Å². The maximum atomic E-state index is 14.6. The van der Waals surface area contributed by atoms with Crippen LogP contribution in [-0.4, -0.2) is 53.0 Å². The second kappa shape index (κ2) is 8.55. The minimum atomic E-state index is -2.65. The Kier molecular flexibility index (Phi) is 5.44. The third-order valence-electron chi connectivity index (χ3n) is 7.53. The molecule has 1 fully saturated rings. The van der Waals surface area contributed by atoms with Gasteiger partial charge in [0.05, 0.1) is 17.9 Å². The number of fused-ring (bicyclic) bond motifs is 4. The van der Waals surface area contributed by atoms with E-state index >= 15 is 0 Å². The lowest BCUT2D eigenvalue weighted by molar-refractivity contribution is 0.0532. The van der Waals surface area contributed by atoms with E-state index < -0.39 is 29.6 Å². The first kappa shape index (κ1) is 22.9. The lowest BCUT2D eigenvalue weighted by Gasteiger charge is -2.43. The van der Waals surface area contributed by atoms with E-state index in [0.717, 1.165) is 19.0 Å². The van der Waals surface area contributed by atoms with Crippen molar-refractivity contribution in [1.29, 1.82) is 0 Å². The molecule has 0 aliphatic carbocycles. The number of para-hydroxylation sites is 1. The largest absolute Gasteiger partial charge is 0.504 e.